The Morgan fingerprint density at radius 2 is 1.64 bits per heavy atom. The van der Waals surface area contributed by atoms with Crippen molar-refractivity contribution in [2.24, 2.45) is 0 Å². The molecule has 1 aromatic heterocycles. The van der Waals surface area contributed by atoms with E-state index in [4.69, 9.17) is 4.98 Å². The van der Waals surface area contributed by atoms with Crippen LogP contribution in [0.15, 0.2) is 72.3 Å². The van der Waals surface area contributed by atoms with E-state index in [9.17, 15) is 14.7 Å². The Labute approximate surface area is 195 Å². The third-order valence-electron chi connectivity index (χ3n) is 5.91. The Morgan fingerprint density at radius 3 is 2.33 bits per heavy atom. The van der Waals surface area contributed by atoms with Gasteiger partial charge in [0.25, 0.3) is 5.78 Å². The Bertz CT molecular complexity index is 1440. The van der Waals surface area contributed by atoms with Crippen LogP contribution in [-0.4, -0.2) is 21.8 Å². The van der Waals surface area contributed by atoms with Crippen LogP contribution < -0.4 is 4.90 Å². The van der Waals surface area contributed by atoms with Crippen LogP contribution in [0.3, 0.4) is 0 Å². The molecule has 0 saturated carbocycles. The van der Waals surface area contributed by atoms with Gasteiger partial charge >= 0.3 is 5.91 Å². The number of ketones is 1. The zero-order valence-electron chi connectivity index (χ0n) is 18.5. The van der Waals surface area contributed by atoms with Crippen LogP contribution in [0.1, 0.15) is 33.9 Å². The van der Waals surface area contributed by atoms with Crippen molar-refractivity contribution in [1.82, 2.24) is 4.98 Å². The molecule has 1 amide bonds. The molecule has 0 radical (unpaired) electrons. The van der Waals surface area contributed by atoms with Gasteiger partial charge in [-0.2, -0.15) is 0 Å². The number of rotatable bonds is 3. The predicted molar refractivity (Wildman–Crippen MR) is 131 cm³/mol. The maximum absolute atomic E-state index is 13.3. The summed E-state index contributed by atoms with van der Waals surface area (Å²) in [5.41, 5.74) is 5.27. The molecule has 4 aromatic rings. The van der Waals surface area contributed by atoms with Crippen LogP contribution in [0.2, 0.25) is 0 Å². The van der Waals surface area contributed by atoms with E-state index in [0.717, 1.165) is 32.5 Å². The Balaban J connectivity index is 1.73. The lowest BCUT2D eigenvalue weighted by molar-refractivity contribution is -0.132. The van der Waals surface area contributed by atoms with Crippen LogP contribution >= 0.6 is 11.3 Å². The number of aliphatic hydroxyl groups excluding tert-OH is 1. The van der Waals surface area contributed by atoms with Crippen molar-refractivity contribution in [2.75, 3.05) is 4.90 Å². The highest BCUT2D eigenvalue weighted by Gasteiger charge is 2.48. The highest BCUT2D eigenvalue weighted by Crippen LogP contribution is 2.44. The number of hydrogen-bond donors (Lipinski definition) is 1. The van der Waals surface area contributed by atoms with Crippen LogP contribution in [0.4, 0.5) is 5.13 Å². The van der Waals surface area contributed by atoms with E-state index in [2.05, 4.69) is 0 Å². The van der Waals surface area contributed by atoms with Gasteiger partial charge in [-0.25, -0.2) is 4.98 Å². The number of Topliss-reactive ketones (excluding diaryl/α,β-unsaturated/α-hetero) is 1. The van der Waals surface area contributed by atoms with Gasteiger partial charge in [-0.15, -0.1) is 0 Å². The number of nitrogens with zero attached hydrogens (tertiary/aromatic N) is 2. The van der Waals surface area contributed by atoms with Crippen LogP contribution in [-0.2, 0) is 9.59 Å². The number of amides is 1. The first-order valence-electron chi connectivity index (χ1n) is 10.7. The zero-order valence-corrected chi connectivity index (χ0v) is 19.3. The molecule has 1 saturated heterocycles. The summed E-state index contributed by atoms with van der Waals surface area (Å²) in [6.07, 6.45) is 0. The molecule has 1 aliphatic rings. The number of aryl methyl sites for hydroxylation is 3. The number of fused-ring (bicyclic) bond motifs is 1. The van der Waals surface area contributed by atoms with Crippen LogP contribution in [0.25, 0.3) is 16.0 Å². The summed E-state index contributed by atoms with van der Waals surface area (Å²) in [5, 5.41) is 11.6. The second kappa shape index (κ2) is 7.98. The Morgan fingerprint density at radius 1 is 0.939 bits per heavy atom. The smallest absolute Gasteiger partial charge is 0.301 e. The van der Waals surface area contributed by atoms with Gasteiger partial charge in [-0.05, 0) is 43.5 Å². The molecule has 1 atom stereocenters. The van der Waals surface area contributed by atoms with Gasteiger partial charge in [0.05, 0.1) is 21.8 Å². The van der Waals surface area contributed by atoms with E-state index in [1.807, 2.05) is 75.4 Å². The third kappa shape index (κ3) is 3.52. The molecule has 5 rings (SSSR count). The minimum atomic E-state index is -0.769. The van der Waals surface area contributed by atoms with Crippen LogP contribution in [0.5, 0.6) is 0 Å². The molecule has 6 heteroatoms. The molecular formula is C27H22N2O3S. The van der Waals surface area contributed by atoms with E-state index in [0.29, 0.717) is 10.7 Å². The minimum Gasteiger partial charge on any atom is -0.507 e. The van der Waals surface area contributed by atoms with E-state index in [1.54, 1.807) is 12.1 Å². The van der Waals surface area contributed by atoms with Crippen molar-refractivity contribution < 1.29 is 14.7 Å². The van der Waals surface area contributed by atoms with Crippen molar-refractivity contribution in [3.63, 3.8) is 0 Å². The number of carbonyl (C=O) groups excluding carboxylic acids is 2. The first-order chi connectivity index (χ1) is 15.8. The quantitative estimate of drug-likeness (QED) is 0.240. The first kappa shape index (κ1) is 21.1. The van der Waals surface area contributed by atoms with Crippen molar-refractivity contribution in [1.29, 1.82) is 0 Å². The molecule has 33 heavy (non-hydrogen) atoms. The Hall–Kier alpha value is -3.77. The monoisotopic (exact) mass is 454 g/mol. The molecule has 1 aliphatic heterocycles. The van der Waals surface area contributed by atoms with Crippen molar-refractivity contribution in [3.05, 3.63) is 100 Å². The standard InChI is InChI=1S/C27H22N2O3S/c1-15-9-11-19(12-10-15)24(30)21-23(18-7-5-4-6-8-18)29(26(32)25(21)31)27-28-22-17(3)13-16(2)14-20(22)33-27/h4-14,23,30H,1-3H3/b24-21+. The normalized spacial score (nSPS) is 17.8. The van der Waals surface area contributed by atoms with E-state index in [-0.39, 0.29) is 11.3 Å². The zero-order chi connectivity index (χ0) is 23.3. The van der Waals surface area contributed by atoms with E-state index >= 15 is 0 Å². The largest absolute Gasteiger partial charge is 0.507 e. The lowest BCUT2D eigenvalue weighted by atomic mass is 9.95. The lowest BCUT2D eigenvalue weighted by Crippen LogP contribution is -2.29. The van der Waals surface area contributed by atoms with Gasteiger partial charge in [-0.3, -0.25) is 14.5 Å². The maximum Gasteiger partial charge on any atom is 0.301 e. The molecule has 1 fully saturated rings. The lowest BCUT2D eigenvalue weighted by Gasteiger charge is -2.22. The fourth-order valence-electron chi connectivity index (χ4n) is 4.31. The molecule has 5 nitrogen and oxygen atoms in total. The fourth-order valence-corrected chi connectivity index (χ4v) is 5.48. The molecule has 2 heterocycles. The number of thiazole rings is 1. The Kier molecular flexibility index (Phi) is 5.10. The summed E-state index contributed by atoms with van der Waals surface area (Å²) in [7, 11) is 0. The first-order valence-corrected chi connectivity index (χ1v) is 11.5. The molecule has 0 aliphatic carbocycles. The third-order valence-corrected chi connectivity index (χ3v) is 6.91. The highest BCUT2D eigenvalue weighted by atomic mass is 32.1. The second-order valence-electron chi connectivity index (χ2n) is 8.37. The predicted octanol–water partition coefficient (Wildman–Crippen LogP) is 5.85. The summed E-state index contributed by atoms with van der Waals surface area (Å²) in [4.78, 5) is 32.7. The average molecular weight is 455 g/mol. The van der Waals surface area contributed by atoms with Gasteiger partial charge in [0, 0.05) is 5.56 Å². The van der Waals surface area contributed by atoms with Gasteiger partial charge in [0.2, 0.25) is 0 Å². The van der Waals surface area contributed by atoms with Gasteiger partial charge in [0.1, 0.15) is 5.76 Å². The average Bonchev–Trinajstić information content (AvgIpc) is 3.33. The molecule has 164 valence electrons. The SMILES string of the molecule is Cc1ccc(/C(O)=C2\C(=O)C(=O)N(c3nc4c(C)cc(C)cc4s3)C2c2ccccc2)cc1. The van der Waals surface area contributed by atoms with Crippen molar-refractivity contribution >= 4 is 44.1 Å². The molecule has 0 bridgehead atoms. The van der Waals surface area contributed by atoms with Gasteiger partial charge in [0.15, 0.2) is 5.13 Å². The fraction of sp³-hybridized carbons (Fsp3) is 0.148. The minimum absolute atomic E-state index is 0.0715. The number of aliphatic hydroxyl groups is 1. The molecular weight excluding hydrogens is 432 g/mol. The number of anilines is 1. The van der Waals surface area contributed by atoms with Gasteiger partial charge < -0.3 is 5.11 Å². The van der Waals surface area contributed by atoms with Gasteiger partial charge in [-0.1, -0.05) is 77.6 Å². The van der Waals surface area contributed by atoms with Crippen molar-refractivity contribution in [2.45, 2.75) is 26.8 Å². The van der Waals surface area contributed by atoms with Crippen LogP contribution in [0, 0.1) is 20.8 Å². The number of benzene rings is 3. The van der Waals surface area contributed by atoms with Crippen molar-refractivity contribution in [3.8, 4) is 0 Å². The molecule has 3 aromatic carbocycles. The molecule has 1 unspecified atom stereocenters. The highest BCUT2D eigenvalue weighted by molar-refractivity contribution is 7.22. The summed E-state index contributed by atoms with van der Waals surface area (Å²) in [6.45, 7) is 5.95. The van der Waals surface area contributed by atoms with E-state index < -0.39 is 17.7 Å². The molecule has 1 N–H and O–H groups in total. The summed E-state index contributed by atoms with van der Waals surface area (Å²) in [6, 6.07) is 19.8. The topological polar surface area (TPSA) is 70.5 Å². The second-order valence-corrected chi connectivity index (χ2v) is 9.38. The number of carbonyl (C=O) groups is 2. The summed E-state index contributed by atoms with van der Waals surface area (Å²) < 4.78 is 0.953. The number of hydrogen-bond acceptors (Lipinski definition) is 5. The summed E-state index contributed by atoms with van der Waals surface area (Å²) >= 11 is 1.38. The maximum atomic E-state index is 13.3. The molecule has 0 spiro atoms. The van der Waals surface area contributed by atoms with E-state index in [1.165, 1.54) is 16.2 Å². The summed E-state index contributed by atoms with van der Waals surface area (Å²) in [5.74, 6) is -1.59. The number of aromatic nitrogens is 1.